The van der Waals surface area contributed by atoms with Crippen LogP contribution in [0.25, 0.3) is 0 Å². The molecule has 2 N–H and O–H groups in total. The van der Waals surface area contributed by atoms with Gasteiger partial charge in [-0.25, -0.2) is 0 Å². The van der Waals surface area contributed by atoms with Crippen LogP contribution in [0.2, 0.25) is 0 Å². The van der Waals surface area contributed by atoms with E-state index in [2.05, 4.69) is 18.8 Å². The van der Waals surface area contributed by atoms with Gasteiger partial charge in [-0.15, -0.1) is 0 Å². The van der Waals surface area contributed by atoms with Crippen LogP contribution < -0.4 is 5.73 Å². The maximum Gasteiger partial charge on any atom is 0.225 e. The van der Waals surface area contributed by atoms with Gasteiger partial charge in [0, 0.05) is 31.4 Å². The van der Waals surface area contributed by atoms with Crippen molar-refractivity contribution in [2.75, 3.05) is 13.1 Å². The number of nitrogens with zero attached hydrogens (tertiary/aromatic N) is 2. The van der Waals surface area contributed by atoms with Crippen LogP contribution in [0.3, 0.4) is 0 Å². The molecule has 21 heavy (non-hydrogen) atoms. The van der Waals surface area contributed by atoms with Crippen LogP contribution in [0, 0.1) is 5.92 Å². The summed E-state index contributed by atoms with van der Waals surface area (Å²) >= 11 is 0. The number of unbranched alkanes of at least 4 members (excludes halogenated alkanes) is 1. The van der Waals surface area contributed by atoms with E-state index in [0.717, 1.165) is 44.2 Å². The molecule has 118 valence electrons. The normalized spacial score (nSPS) is 12.1. The molecule has 0 saturated heterocycles. The van der Waals surface area contributed by atoms with Gasteiger partial charge in [0.1, 0.15) is 0 Å². The molecule has 1 aromatic rings. The second kappa shape index (κ2) is 10.3. The van der Waals surface area contributed by atoms with E-state index < -0.39 is 0 Å². The van der Waals surface area contributed by atoms with E-state index in [0.29, 0.717) is 13.1 Å². The number of hydrogen-bond donors (Lipinski definition) is 1. The first kappa shape index (κ1) is 17.6. The summed E-state index contributed by atoms with van der Waals surface area (Å²) < 4.78 is 0. The Balaban J connectivity index is 2.72. The molecule has 1 atom stereocenters. The van der Waals surface area contributed by atoms with Crippen LogP contribution in [-0.2, 0) is 11.3 Å². The molecule has 1 unspecified atom stereocenters. The summed E-state index contributed by atoms with van der Waals surface area (Å²) in [5.41, 5.74) is 6.69. The number of aromatic nitrogens is 1. The SMILES string of the molecule is CCCCC(CC)C(=O)N(CCCN)Cc1cccnc1. The lowest BCUT2D eigenvalue weighted by Crippen LogP contribution is -2.37. The summed E-state index contributed by atoms with van der Waals surface area (Å²) in [6.07, 6.45) is 8.57. The summed E-state index contributed by atoms with van der Waals surface area (Å²) in [4.78, 5) is 18.8. The van der Waals surface area contributed by atoms with Gasteiger partial charge in [0.2, 0.25) is 5.91 Å². The zero-order valence-electron chi connectivity index (χ0n) is 13.4. The summed E-state index contributed by atoms with van der Waals surface area (Å²) in [5, 5.41) is 0. The minimum absolute atomic E-state index is 0.138. The Morgan fingerprint density at radius 1 is 1.38 bits per heavy atom. The molecule has 0 aliphatic heterocycles. The number of carbonyl (C=O) groups is 1. The summed E-state index contributed by atoms with van der Waals surface area (Å²) in [5.74, 6) is 0.405. The molecule has 1 heterocycles. The van der Waals surface area contributed by atoms with Crippen molar-refractivity contribution in [1.29, 1.82) is 0 Å². The Labute approximate surface area is 128 Å². The van der Waals surface area contributed by atoms with Gasteiger partial charge >= 0.3 is 0 Å². The van der Waals surface area contributed by atoms with Crippen LogP contribution >= 0.6 is 0 Å². The molecule has 0 aromatic carbocycles. The van der Waals surface area contributed by atoms with Gasteiger partial charge in [0.25, 0.3) is 0 Å². The van der Waals surface area contributed by atoms with Crippen LogP contribution in [0.15, 0.2) is 24.5 Å². The average Bonchev–Trinajstić information content (AvgIpc) is 2.53. The third kappa shape index (κ3) is 6.25. The van der Waals surface area contributed by atoms with E-state index in [4.69, 9.17) is 5.73 Å². The van der Waals surface area contributed by atoms with Crippen molar-refractivity contribution in [2.24, 2.45) is 11.7 Å². The monoisotopic (exact) mass is 291 g/mol. The van der Waals surface area contributed by atoms with Crippen molar-refractivity contribution >= 4 is 5.91 Å². The van der Waals surface area contributed by atoms with E-state index >= 15 is 0 Å². The van der Waals surface area contributed by atoms with E-state index in [1.165, 1.54) is 0 Å². The predicted molar refractivity (Wildman–Crippen MR) is 86.6 cm³/mol. The standard InChI is InChI=1S/C17H29N3O/c1-3-5-9-16(4-2)17(21)20(12-7-10-18)14-15-8-6-11-19-13-15/h6,8,11,13,16H,3-5,7,9-10,12,14,18H2,1-2H3. The van der Waals surface area contributed by atoms with Gasteiger partial charge in [-0.05, 0) is 37.4 Å². The second-order valence-corrected chi connectivity index (χ2v) is 5.51. The zero-order valence-corrected chi connectivity index (χ0v) is 13.4. The smallest absolute Gasteiger partial charge is 0.225 e. The Morgan fingerprint density at radius 3 is 2.76 bits per heavy atom. The highest BCUT2D eigenvalue weighted by atomic mass is 16.2. The van der Waals surface area contributed by atoms with Crippen molar-refractivity contribution in [2.45, 2.75) is 52.5 Å². The molecule has 0 bridgehead atoms. The molecule has 4 nitrogen and oxygen atoms in total. The first-order valence-electron chi connectivity index (χ1n) is 8.10. The minimum atomic E-state index is 0.138. The second-order valence-electron chi connectivity index (χ2n) is 5.51. The van der Waals surface area contributed by atoms with Crippen molar-refractivity contribution in [3.8, 4) is 0 Å². The van der Waals surface area contributed by atoms with Gasteiger partial charge in [-0.2, -0.15) is 0 Å². The lowest BCUT2D eigenvalue weighted by Gasteiger charge is -2.27. The number of carbonyl (C=O) groups excluding carboxylic acids is 1. The molecule has 0 fully saturated rings. The molecule has 1 aromatic heterocycles. The molecule has 0 saturated carbocycles. The summed E-state index contributed by atoms with van der Waals surface area (Å²) in [6, 6.07) is 3.93. The molecule has 0 aliphatic rings. The van der Waals surface area contributed by atoms with Crippen LogP contribution in [-0.4, -0.2) is 28.9 Å². The Bertz CT molecular complexity index is 394. The lowest BCUT2D eigenvalue weighted by molar-refractivity contribution is -0.136. The van der Waals surface area contributed by atoms with Crippen LogP contribution in [0.5, 0.6) is 0 Å². The molecule has 1 rings (SSSR count). The first-order chi connectivity index (χ1) is 10.2. The zero-order chi connectivity index (χ0) is 15.5. The fourth-order valence-electron chi connectivity index (χ4n) is 2.47. The molecular formula is C17H29N3O. The minimum Gasteiger partial charge on any atom is -0.338 e. The van der Waals surface area contributed by atoms with Gasteiger partial charge in [-0.3, -0.25) is 9.78 Å². The molecule has 4 heteroatoms. The van der Waals surface area contributed by atoms with Gasteiger partial charge < -0.3 is 10.6 Å². The molecular weight excluding hydrogens is 262 g/mol. The number of amides is 1. The summed E-state index contributed by atoms with van der Waals surface area (Å²) in [7, 11) is 0. The van der Waals surface area contributed by atoms with Crippen LogP contribution in [0.1, 0.15) is 51.5 Å². The van der Waals surface area contributed by atoms with E-state index in [1.807, 2.05) is 23.2 Å². The van der Waals surface area contributed by atoms with Gasteiger partial charge in [-0.1, -0.05) is 32.8 Å². The largest absolute Gasteiger partial charge is 0.338 e. The van der Waals surface area contributed by atoms with Crippen molar-refractivity contribution in [1.82, 2.24) is 9.88 Å². The highest BCUT2D eigenvalue weighted by molar-refractivity contribution is 5.78. The average molecular weight is 291 g/mol. The Morgan fingerprint density at radius 2 is 2.19 bits per heavy atom. The topological polar surface area (TPSA) is 59.2 Å². The number of rotatable bonds is 10. The van der Waals surface area contributed by atoms with E-state index in [-0.39, 0.29) is 11.8 Å². The highest BCUT2D eigenvalue weighted by Crippen LogP contribution is 2.17. The summed E-state index contributed by atoms with van der Waals surface area (Å²) in [6.45, 7) is 6.24. The number of hydrogen-bond acceptors (Lipinski definition) is 3. The third-order valence-corrected chi connectivity index (χ3v) is 3.79. The molecule has 0 aliphatic carbocycles. The van der Waals surface area contributed by atoms with Crippen molar-refractivity contribution in [3.05, 3.63) is 30.1 Å². The maximum absolute atomic E-state index is 12.8. The third-order valence-electron chi connectivity index (χ3n) is 3.79. The highest BCUT2D eigenvalue weighted by Gasteiger charge is 2.22. The van der Waals surface area contributed by atoms with E-state index in [1.54, 1.807) is 6.20 Å². The quantitative estimate of drug-likeness (QED) is 0.721. The maximum atomic E-state index is 12.8. The Kier molecular flexibility index (Phi) is 8.67. The van der Waals surface area contributed by atoms with Crippen molar-refractivity contribution in [3.63, 3.8) is 0 Å². The molecule has 1 amide bonds. The molecule has 0 radical (unpaired) electrons. The number of nitrogens with two attached hydrogens (primary N) is 1. The predicted octanol–water partition coefficient (Wildman–Crippen LogP) is 2.98. The fourth-order valence-corrected chi connectivity index (χ4v) is 2.47. The van der Waals surface area contributed by atoms with E-state index in [9.17, 15) is 4.79 Å². The van der Waals surface area contributed by atoms with Gasteiger partial charge in [0.15, 0.2) is 0 Å². The van der Waals surface area contributed by atoms with Gasteiger partial charge in [0.05, 0.1) is 0 Å². The van der Waals surface area contributed by atoms with Crippen molar-refractivity contribution < 1.29 is 4.79 Å². The van der Waals surface area contributed by atoms with Crippen LogP contribution in [0.4, 0.5) is 0 Å². The first-order valence-corrected chi connectivity index (χ1v) is 8.10. The fraction of sp³-hybridized carbons (Fsp3) is 0.647. The number of pyridine rings is 1. The Hall–Kier alpha value is -1.42. The molecule has 0 spiro atoms. The lowest BCUT2D eigenvalue weighted by atomic mass is 9.97.